The van der Waals surface area contributed by atoms with E-state index in [1.165, 1.54) is 0 Å². The van der Waals surface area contributed by atoms with Crippen LogP contribution in [0.4, 0.5) is 0 Å². The first kappa shape index (κ1) is 13.6. The highest BCUT2D eigenvalue weighted by molar-refractivity contribution is 7.91. The number of amides is 1. The van der Waals surface area contributed by atoms with Crippen LogP contribution in [0.5, 0.6) is 0 Å². The lowest BCUT2D eigenvalue weighted by Gasteiger charge is -2.08. The second kappa shape index (κ2) is 5.17. The molecule has 2 aromatic rings. The molecule has 2 aromatic heterocycles. The normalized spacial score (nSPS) is 21.3. The Hall–Kier alpha value is -1.41. The number of hydrogen-bond acceptors (Lipinski definition) is 5. The number of carbonyl (C=O) groups is 1. The Morgan fingerprint density at radius 2 is 2.40 bits per heavy atom. The van der Waals surface area contributed by atoms with Crippen LogP contribution in [0.2, 0.25) is 0 Å². The lowest BCUT2D eigenvalue weighted by Crippen LogP contribution is -2.32. The van der Waals surface area contributed by atoms with E-state index >= 15 is 0 Å². The molecule has 0 aromatic carbocycles. The van der Waals surface area contributed by atoms with Crippen LogP contribution >= 0.6 is 11.3 Å². The lowest BCUT2D eigenvalue weighted by atomic mass is 10.1. The quantitative estimate of drug-likeness (QED) is 0.891. The van der Waals surface area contributed by atoms with Gasteiger partial charge in [0.15, 0.2) is 14.8 Å². The van der Waals surface area contributed by atoms with Crippen LogP contribution in [0.1, 0.15) is 12.1 Å². The Morgan fingerprint density at radius 1 is 1.55 bits per heavy atom. The van der Waals surface area contributed by atoms with Gasteiger partial charge in [0.25, 0.3) is 0 Å². The van der Waals surface area contributed by atoms with Gasteiger partial charge in [-0.2, -0.15) is 0 Å². The van der Waals surface area contributed by atoms with E-state index < -0.39 is 9.84 Å². The van der Waals surface area contributed by atoms with Gasteiger partial charge in [-0.15, -0.1) is 11.3 Å². The molecular formula is C12H15N3O3S2. The zero-order valence-electron chi connectivity index (χ0n) is 10.8. The molecule has 1 N–H and O–H groups in total. The van der Waals surface area contributed by atoms with Gasteiger partial charge in [0.05, 0.1) is 23.1 Å². The van der Waals surface area contributed by atoms with Crippen LogP contribution in [0.15, 0.2) is 17.8 Å². The largest absolute Gasteiger partial charge is 0.355 e. The first-order chi connectivity index (χ1) is 9.53. The molecule has 0 bridgehead atoms. The van der Waals surface area contributed by atoms with E-state index in [0.29, 0.717) is 19.4 Å². The summed E-state index contributed by atoms with van der Waals surface area (Å²) in [5, 5.41) is 4.76. The number of nitrogens with zero attached hydrogens (tertiary/aromatic N) is 2. The highest BCUT2D eigenvalue weighted by Crippen LogP contribution is 2.18. The van der Waals surface area contributed by atoms with Crippen molar-refractivity contribution in [2.45, 2.75) is 12.8 Å². The summed E-state index contributed by atoms with van der Waals surface area (Å²) in [6.07, 6.45) is 4.98. The molecule has 1 saturated heterocycles. The highest BCUT2D eigenvalue weighted by Gasteiger charge is 2.32. The number of imidazole rings is 1. The van der Waals surface area contributed by atoms with E-state index in [1.54, 1.807) is 11.3 Å². The number of thiazole rings is 1. The predicted molar refractivity (Wildman–Crippen MR) is 76.5 cm³/mol. The van der Waals surface area contributed by atoms with Crippen molar-refractivity contribution in [1.82, 2.24) is 14.7 Å². The number of carbonyl (C=O) groups excluding carboxylic acids is 1. The molecule has 0 radical (unpaired) electrons. The molecule has 1 atom stereocenters. The minimum Gasteiger partial charge on any atom is -0.355 e. The van der Waals surface area contributed by atoms with Gasteiger partial charge in [0.1, 0.15) is 0 Å². The molecule has 1 aliphatic heterocycles. The molecule has 6 nitrogen and oxygen atoms in total. The van der Waals surface area contributed by atoms with Gasteiger partial charge in [-0.1, -0.05) is 0 Å². The van der Waals surface area contributed by atoms with E-state index in [1.807, 2.05) is 22.2 Å². The van der Waals surface area contributed by atoms with E-state index in [9.17, 15) is 13.2 Å². The first-order valence-corrected chi connectivity index (χ1v) is 9.13. The maximum absolute atomic E-state index is 11.8. The molecule has 0 spiro atoms. The van der Waals surface area contributed by atoms with Gasteiger partial charge in [-0.25, -0.2) is 13.4 Å². The van der Waals surface area contributed by atoms with Crippen LogP contribution in [0.25, 0.3) is 4.96 Å². The van der Waals surface area contributed by atoms with Gasteiger partial charge in [0, 0.05) is 30.7 Å². The molecule has 20 heavy (non-hydrogen) atoms. The van der Waals surface area contributed by atoms with Crippen molar-refractivity contribution in [3.63, 3.8) is 0 Å². The fourth-order valence-corrected chi connectivity index (χ4v) is 4.82. The summed E-state index contributed by atoms with van der Waals surface area (Å²) in [4.78, 5) is 17.2. The van der Waals surface area contributed by atoms with Crippen LogP contribution in [-0.4, -0.2) is 41.8 Å². The van der Waals surface area contributed by atoms with Crippen molar-refractivity contribution in [3.05, 3.63) is 23.5 Å². The molecule has 0 aliphatic carbocycles. The van der Waals surface area contributed by atoms with Gasteiger partial charge in [-0.05, 0) is 6.42 Å². The number of hydrogen-bond donors (Lipinski definition) is 1. The minimum atomic E-state index is -3.00. The zero-order chi connectivity index (χ0) is 14.2. The monoisotopic (exact) mass is 313 g/mol. The third-order valence-electron chi connectivity index (χ3n) is 3.43. The van der Waals surface area contributed by atoms with E-state index in [0.717, 1.165) is 10.7 Å². The van der Waals surface area contributed by atoms with Gasteiger partial charge >= 0.3 is 0 Å². The number of rotatable bonds is 4. The van der Waals surface area contributed by atoms with E-state index in [2.05, 4.69) is 10.3 Å². The Morgan fingerprint density at radius 3 is 3.10 bits per heavy atom. The molecule has 8 heteroatoms. The molecule has 108 valence electrons. The van der Waals surface area contributed by atoms with Crippen molar-refractivity contribution in [1.29, 1.82) is 0 Å². The SMILES string of the molecule is O=C(NCCc1cn2ccsc2n1)C1CCS(=O)(=O)C1. The molecule has 3 rings (SSSR count). The second-order valence-electron chi connectivity index (χ2n) is 4.97. The van der Waals surface area contributed by atoms with E-state index in [4.69, 9.17) is 0 Å². The first-order valence-electron chi connectivity index (χ1n) is 6.43. The maximum Gasteiger partial charge on any atom is 0.224 e. The second-order valence-corrected chi connectivity index (χ2v) is 8.07. The van der Waals surface area contributed by atoms with Crippen LogP contribution in [0.3, 0.4) is 0 Å². The molecule has 1 aliphatic rings. The van der Waals surface area contributed by atoms with Gasteiger partial charge < -0.3 is 5.32 Å². The summed E-state index contributed by atoms with van der Waals surface area (Å²) < 4.78 is 24.6. The maximum atomic E-state index is 11.8. The summed E-state index contributed by atoms with van der Waals surface area (Å²) >= 11 is 1.57. The predicted octanol–water partition coefficient (Wildman–Crippen LogP) is 0.489. The van der Waals surface area contributed by atoms with Gasteiger partial charge in [-0.3, -0.25) is 9.20 Å². The standard InChI is InChI=1S/C12H15N3O3S2/c16-11(9-2-6-20(17,18)8-9)13-3-1-10-7-15-4-5-19-12(15)14-10/h4-5,7,9H,1-3,6,8H2,(H,13,16). The van der Waals surface area contributed by atoms with Crippen LogP contribution < -0.4 is 5.32 Å². The lowest BCUT2D eigenvalue weighted by molar-refractivity contribution is -0.124. The van der Waals surface area contributed by atoms with Crippen molar-refractivity contribution < 1.29 is 13.2 Å². The fourth-order valence-electron chi connectivity index (χ4n) is 2.36. The Bertz CT molecular complexity index is 704. The average Bonchev–Trinajstić information content (AvgIpc) is 3.02. The average molecular weight is 313 g/mol. The summed E-state index contributed by atoms with van der Waals surface area (Å²) in [5.74, 6) is -0.431. The molecule has 1 fully saturated rings. The number of aromatic nitrogens is 2. The van der Waals surface area contributed by atoms with Crippen molar-refractivity contribution >= 4 is 32.0 Å². The molecule has 3 heterocycles. The summed E-state index contributed by atoms with van der Waals surface area (Å²) in [5.41, 5.74) is 0.927. The van der Waals surface area contributed by atoms with Crippen molar-refractivity contribution in [2.24, 2.45) is 5.92 Å². The summed E-state index contributed by atoms with van der Waals surface area (Å²) in [6, 6.07) is 0. The molecular weight excluding hydrogens is 298 g/mol. The van der Waals surface area contributed by atoms with Crippen molar-refractivity contribution in [3.8, 4) is 0 Å². The highest BCUT2D eigenvalue weighted by atomic mass is 32.2. The Labute approximate surface area is 120 Å². The van der Waals surface area contributed by atoms with Crippen molar-refractivity contribution in [2.75, 3.05) is 18.1 Å². The molecule has 1 unspecified atom stereocenters. The smallest absolute Gasteiger partial charge is 0.224 e. The number of nitrogens with one attached hydrogen (secondary N) is 1. The molecule has 0 saturated carbocycles. The van der Waals surface area contributed by atoms with Gasteiger partial charge in [0.2, 0.25) is 5.91 Å². The minimum absolute atomic E-state index is 0.0148. The summed E-state index contributed by atoms with van der Waals surface area (Å²) in [6.45, 7) is 0.486. The topological polar surface area (TPSA) is 80.5 Å². The molecule has 1 amide bonds. The third kappa shape index (κ3) is 2.85. The fraction of sp³-hybridized carbons (Fsp3) is 0.500. The van der Waals surface area contributed by atoms with Crippen LogP contribution in [0, 0.1) is 5.92 Å². The van der Waals surface area contributed by atoms with E-state index in [-0.39, 0.29) is 23.3 Å². The number of sulfone groups is 1. The summed E-state index contributed by atoms with van der Waals surface area (Å²) in [7, 11) is -3.00. The number of fused-ring (bicyclic) bond motifs is 1. The zero-order valence-corrected chi connectivity index (χ0v) is 12.4. The third-order valence-corrected chi connectivity index (χ3v) is 5.97. The van der Waals surface area contributed by atoms with Crippen LogP contribution in [-0.2, 0) is 21.1 Å². The Kier molecular flexibility index (Phi) is 3.51. The Balaban J connectivity index is 1.50.